The topological polar surface area (TPSA) is 52.0 Å². The van der Waals surface area contributed by atoms with Gasteiger partial charge in [-0.25, -0.2) is 0 Å². The lowest BCUT2D eigenvalue weighted by Gasteiger charge is -2.01. The third-order valence-electron chi connectivity index (χ3n) is 3.01. The van der Waals surface area contributed by atoms with Gasteiger partial charge in [0, 0.05) is 23.8 Å². The third kappa shape index (κ3) is 3.14. The fourth-order valence-electron chi connectivity index (χ4n) is 2.03. The molecule has 1 aromatic heterocycles. The van der Waals surface area contributed by atoms with Gasteiger partial charge >= 0.3 is 0 Å². The van der Waals surface area contributed by atoms with Crippen molar-refractivity contribution in [2.75, 3.05) is 0 Å². The Labute approximate surface area is 122 Å². The predicted octanol–water partition coefficient (Wildman–Crippen LogP) is 3.09. The Balaban J connectivity index is 2.17. The highest BCUT2D eigenvalue weighted by molar-refractivity contribution is 6.31. The van der Waals surface area contributed by atoms with Crippen molar-refractivity contribution < 1.29 is 9.59 Å². The average molecular weight is 291 g/mol. The highest BCUT2D eigenvalue weighted by Crippen LogP contribution is 2.15. The molecule has 1 aromatic carbocycles. The molecule has 0 atom stereocenters. The minimum atomic E-state index is -0.233. The van der Waals surface area contributed by atoms with Crippen LogP contribution in [0.4, 0.5) is 0 Å². The maximum absolute atomic E-state index is 12.2. The van der Waals surface area contributed by atoms with E-state index in [1.807, 2.05) is 6.92 Å². The Kier molecular flexibility index (Phi) is 4.35. The van der Waals surface area contributed by atoms with Gasteiger partial charge in [-0.2, -0.15) is 5.10 Å². The van der Waals surface area contributed by atoms with Crippen LogP contribution in [0.2, 0.25) is 5.02 Å². The van der Waals surface area contributed by atoms with Crippen LogP contribution in [0.25, 0.3) is 0 Å². The van der Waals surface area contributed by atoms with Crippen molar-refractivity contribution in [3.8, 4) is 0 Å². The second kappa shape index (κ2) is 6.01. The number of hydrogen-bond donors (Lipinski definition) is 0. The summed E-state index contributed by atoms with van der Waals surface area (Å²) in [4.78, 5) is 24.3. The molecule has 2 rings (SSSR count). The van der Waals surface area contributed by atoms with Crippen molar-refractivity contribution in [3.05, 3.63) is 52.3 Å². The Morgan fingerprint density at radius 3 is 2.70 bits per heavy atom. The molecule has 5 heteroatoms. The first-order valence-electron chi connectivity index (χ1n) is 6.35. The molecule has 0 aliphatic rings. The summed E-state index contributed by atoms with van der Waals surface area (Å²) in [6, 6.07) is 6.62. The first-order valence-corrected chi connectivity index (χ1v) is 6.73. The molecule has 0 saturated carbocycles. The molecule has 0 aliphatic heterocycles. The van der Waals surface area contributed by atoms with Gasteiger partial charge in [0.2, 0.25) is 0 Å². The van der Waals surface area contributed by atoms with Gasteiger partial charge in [-0.1, -0.05) is 30.7 Å². The second-order valence-corrected chi connectivity index (χ2v) is 4.99. The summed E-state index contributed by atoms with van der Waals surface area (Å²) >= 11 is 5.84. The van der Waals surface area contributed by atoms with Gasteiger partial charge in [0.1, 0.15) is 0 Å². The molecule has 4 nitrogen and oxygen atoms in total. The molecule has 0 fully saturated rings. The van der Waals surface area contributed by atoms with E-state index < -0.39 is 0 Å². The molecule has 0 N–H and O–H groups in total. The van der Waals surface area contributed by atoms with Gasteiger partial charge in [-0.05, 0) is 18.6 Å². The number of rotatable bonds is 5. The van der Waals surface area contributed by atoms with E-state index >= 15 is 0 Å². The number of carbonyl (C=O) groups is 2. The van der Waals surface area contributed by atoms with Crippen LogP contribution < -0.4 is 0 Å². The summed E-state index contributed by atoms with van der Waals surface area (Å²) in [6.45, 7) is 1.93. The summed E-state index contributed by atoms with van der Waals surface area (Å²) < 4.78 is 1.59. The normalized spacial score (nSPS) is 10.6. The largest absolute Gasteiger partial charge is 0.294 e. The van der Waals surface area contributed by atoms with E-state index in [-0.39, 0.29) is 18.0 Å². The van der Waals surface area contributed by atoms with E-state index in [0.29, 0.717) is 22.6 Å². The zero-order valence-corrected chi connectivity index (χ0v) is 12.1. The number of nitrogens with zero attached hydrogens (tertiary/aromatic N) is 2. The SMILES string of the molecule is CCc1nn(C)cc1C(=O)CC(=O)c1cccc(Cl)c1. The fourth-order valence-corrected chi connectivity index (χ4v) is 2.22. The quantitative estimate of drug-likeness (QED) is 0.628. The number of benzene rings is 1. The Bertz CT molecular complexity index is 662. The van der Waals surface area contributed by atoms with Crippen molar-refractivity contribution in [2.45, 2.75) is 19.8 Å². The summed E-state index contributed by atoms with van der Waals surface area (Å²) in [5.74, 6) is -0.441. The van der Waals surface area contributed by atoms with E-state index in [9.17, 15) is 9.59 Å². The summed E-state index contributed by atoms with van der Waals surface area (Å²) in [5, 5.41) is 4.69. The van der Waals surface area contributed by atoms with Crippen LogP contribution in [0, 0.1) is 0 Å². The lowest BCUT2D eigenvalue weighted by Crippen LogP contribution is -2.09. The number of carbonyl (C=O) groups excluding carboxylic acids is 2. The van der Waals surface area contributed by atoms with Crippen molar-refractivity contribution in [3.63, 3.8) is 0 Å². The van der Waals surface area contributed by atoms with Crippen LogP contribution in [-0.2, 0) is 13.5 Å². The second-order valence-electron chi connectivity index (χ2n) is 4.55. The van der Waals surface area contributed by atoms with E-state index in [4.69, 9.17) is 11.6 Å². The molecular formula is C15H15ClN2O2. The minimum Gasteiger partial charge on any atom is -0.294 e. The van der Waals surface area contributed by atoms with Gasteiger partial charge in [-0.15, -0.1) is 0 Å². The molecule has 1 heterocycles. The van der Waals surface area contributed by atoms with Crippen LogP contribution in [0.5, 0.6) is 0 Å². The monoisotopic (exact) mass is 290 g/mol. The molecule has 0 saturated heterocycles. The van der Waals surface area contributed by atoms with E-state index in [0.717, 1.165) is 5.69 Å². The predicted molar refractivity (Wildman–Crippen MR) is 77.3 cm³/mol. The van der Waals surface area contributed by atoms with Crippen molar-refractivity contribution in [1.29, 1.82) is 0 Å². The number of halogens is 1. The first kappa shape index (κ1) is 14.5. The van der Waals surface area contributed by atoms with Gasteiger partial charge in [0.05, 0.1) is 17.7 Å². The maximum atomic E-state index is 12.2. The Hall–Kier alpha value is -1.94. The molecule has 104 valence electrons. The fraction of sp³-hybridized carbons (Fsp3) is 0.267. The highest BCUT2D eigenvalue weighted by Gasteiger charge is 2.18. The lowest BCUT2D eigenvalue weighted by molar-refractivity contribution is 0.0894. The molecule has 0 spiro atoms. The molecule has 2 aromatic rings. The van der Waals surface area contributed by atoms with Crippen LogP contribution in [-0.4, -0.2) is 21.3 Å². The molecule has 0 unspecified atom stereocenters. The van der Waals surface area contributed by atoms with E-state index in [2.05, 4.69) is 5.10 Å². The van der Waals surface area contributed by atoms with Crippen molar-refractivity contribution >= 4 is 23.2 Å². The zero-order chi connectivity index (χ0) is 14.7. The number of aryl methyl sites for hydroxylation is 2. The third-order valence-corrected chi connectivity index (χ3v) is 3.24. The standard InChI is InChI=1S/C15H15ClN2O2/c1-3-13-12(9-18(2)17-13)15(20)8-14(19)10-5-4-6-11(16)7-10/h4-7,9H,3,8H2,1-2H3. The van der Waals surface area contributed by atoms with E-state index in [1.54, 1.807) is 42.2 Å². The molecule has 0 radical (unpaired) electrons. The molecule has 0 amide bonds. The first-order chi connectivity index (χ1) is 9.51. The van der Waals surface area contributed by atoms with Crippen molar-refractivity contribution in [2.24, 2.45) is 7.05 Å². The molecular weight excluding hydrogens is 276 g/mol. The van der Waals surface area contributed by atoms with Gasteiger partial charge in [0.25, 0.3) is 0 Å². The zero-order valence-electron chi connectivity index (χ0n) is 11.4. The maximum Gasteiger partial charge on any atom is 0.174 e. The summed E-state index contributed by atoms with van der Waals surface area (Å²) in [5.41, 5.74) is 1.69. The van der Waals surface area contributed by atoms with Gasteiger partial charge in [0.15, 0.2) is 11.6 Å². The van der Waals surface area contributed by atoms with Crippen LogP contribution in [0.1, 0.15) is 39.8 Å². The smallest absolute Gasteiger partial charge is 0.174 e. The molecule has 20 heavy (non-hydrogen) atoms. The van der Waals surface area contributed by atoms with Crippen LogP contribution in [0.3, 0.4) is 0 Å². The molecule has 0 aliphatic carbocycles. The number of aromatic nitrogens is 2. The highest BCUT2D eigenvalue weighted by atomic mass is 35.5. The number of hydrogen-bond acceptors (Lipinski definition) is 3. The van der Waals surface area contributed by atoms with Crippen molar-refractivity contribution in [1.82, 2.24) is 9.78 Å². The Morgan fingerprint density at radius 2 is 2.05 bits per heavy atom. The molecule has 0 bridgehead atoms. The minimum absolute atomic E-state index is 0.168. The number of ketones is 2. The summed E-state index contributed by atoms with van der Waals surface area (Å²) in [6.07, 6.45) is 2.15. The van der Waals surface area contributed by atoms with Crippen LogP contribution >= 0.6 is 11.6 Å². The van der Waals surface area contributed by atoms with E-state index in [1.165, 1.54) is 0 Å². The average Bonchev–Trinajstić information content (AvgIpc) is 2.80. The van der Waals surface area contributed by atoms with Gasteiger partial charge < -0.3 is 0 Å². The summed E-state index contributed by atoms with van der Waals surface area (Å²) in [7, 11) is 1.76. The number of Topliss-reactive ketones (excluding diaryl/α,β-unsaturated/α-hetero) is 2. The van der Waals surface area contributed by atoms with Crippen LogP contribution in [0.15, 0.2) is 30.5 Å². The van der Waals surface area contributed by atoms with Gasteiger partial charge in [-0.3, -0.25) is 14.3 Å². The Morgan fingerprint density at radius 1 is 1.30 bits per heavy atom. The lowest BCUT2D eigenvalue weighted by atomic mass is 10.0.